The SMILES string of the molecule is C=CC1C(OC2OC(CO)C(O)C(O)(O)C2OC(C)C)OC=C(C(=O)OC2CCCC2)C1C=CC1=C(NC(N)=NCCCO)C(C(=O)O)=CN(CCO)C1. The second-order valence-corrected chi connectivity index (χ2v) is 13.7. The van der Waals surface area contributed by atoms with Gasteiger partial charge in [0.1, 0.15) is 18.3 Å². The molecule has 18 nitrogen and oxygen atoms in total. The van der Waals surface area contributed by atoms with E-state index in [1.807, 2.05) is 0 Å². The van der Waals surface area contributed by atoms with Crippen molar-refractivity contribution in [2.24, 2.45) is 22.6 Å². The standard InChI is InChI=1S/C36H54N4O14/c1-4-23-24(11-10-21-16-40(13-15-42)17-25(31(45)46)28(21)39-35(37)38-12-7-14-41)26(32(47)52-22-8-5-6-9-22)19-50-33(23)54-34-30(51-20(2)3)36(48,49)29(44)27(18-43)53-34/h4,10-11,17,19-20,22-24,27,29-30,33-34,41-44,48-49H,1,5-9,12-16,18H2,2-3H3,(H,45,46)(H3,37,38,39). The molecule has 1 saturated carbocycles. The summed E-state index contributed by atoms with van der Waals surface area (Å²) in [6.07, 6.45) is 1.81. The molecular weight excluding hydrogens is 712 g/mol. The molecule has 4 rings (SSSR count). The summed E-state index contributed by atoms with van der Waals surface area (Å²) in [5.41, 5.74) is 6.51. The van der Waals surface area contributed by atoms with Crippen LogP contribution in [0.1, 0.15) is 46.0 Å². The zero-order chi connectivity index (χ0) is 39.6. The maximum Gasteiger partial charge on any atom is 0.339 e. The lowest BCUT2D eigenvalue weighted by molar-refractivity contribution is -0.413. The topological polar surface area (TPSA) is 276 Å². The smallest absolute Gasteiger partial charge is 0.339 e. The molecule has 1 saturated heterocycles. The van der Waals surface area contributed by atoms with E-state index in [4.69, 9.17) is 34.5 Å². The molecule has 3 aliphatic heterocycles. The molecule has 0 aromatic carbocycles. The van der Waals surface area contributed by atoms with Crippen molar-refractivity contribution < 1.29 is 69.0 Å². The molecule has 0 bridgehead atoms. The Morgan fingerprint density at radius 1 is 1.19 bits per heavy atom. The van der Waals surface area contributed by atoms with Gasteiger partial charge in [0.15, 0.2) is 18.4 Å². The minimum atomic E-state index is -2.92. The van der Waals surface area contributed by atoms with Crippen LogP contribution in [0.2, 0.25) is 0 Å². The van der Waals surface area contributed by atoms with Crippen LogP contribution in [-0.2, 0) is 33.3 Å². The van der Waals surface area contributed by atoms with Gasteiger partial charge in [-0.15, -0.1) is 6.58 Å². The van der Waals surface area contributed by atoms with E-state index >= 15 is 0 Å². The van der Waals surface area contributed by atoms with Gasteiger partial charge in [0, 0.05) is 38.4 Å². The Balaban J connectivity index is 1.76. The Bertz CT molecular complexity index is 1470. The summed E-state index contributed by atoms with van der Waals surface area (Å²) in [6, 6.07) is 0. The molecule has 302 valence electrons. The Morgan fingerprint density at radius 3 is 2.52 bits per heavy atom. The highest BCUT2D eigenvalue weighted by molar-refractivity contribution is 5.95. The van der Waals surface area contributed by atoms with Crippen LogP contribution in [0.25, 0.3) is 0 Å². The monoisotopic (exact) mass is 766 g/mol. The minimum absolute atomic E-state index is 0.0852. The molecule has 7 unspecified atom stereocenters. The van der Waals surface area contributed by atoms with Gasteiger partial charge in [-0.25, -0.2) is 9.59 Å². The number of carboxylic acids is 1. The molecule has 7 atom stereocenters. The Kier molecular flexibility index (Phi) is 15.6. The summed E-state index contributed by atoms with van der Waals surface area (Å²) in [4.78, 5) is 31.9. The van der Waals surface area contributed by atoms with Gasteiger partial charge in [0.2, 0.25) is 12.1 Å². The lowest BCUT2D eigenvalue weighted by Gasteiger charge is -2.48. The molecule has 0 radical (unpaired) electrons. The predicted molar refractivity (Wildman–Crippen MR) is 190 cm³/mol. The number of aliphatic hydroxyl groups is 6. The van der Waals surface area contributed by atoms with Crippen LogP contribution in [0.15, 0.2) is 64.7 Å². The van der Waals surface area contributed by atoms with Crippen LogP contribution < -0.4 is 11.1 Å². The lowest BCUT2D eigenvalue weighted by Crippen LogP contribution is -2.69. The number of ether oxygens (including phenoxy) is 5. The quantitative estimate of drug-likeness (QED) is 0.0216. The molecule has 4 aliphatic rings. The number of nitrogens with zero attached hydrogens (tertiary/aromatic N) is 2. The molecule has 1 aliphatic carbocycles. The number of carbonyl (C=O) groups is 2. The maximum absolute atomic E-state index is 13.7. The average molecular weight is 767 g/mol. The third kappa shape index (κ3) is 10.5. The van der Waals surface area contributed by atoms with Crippen LogP contribution in [0.4, 0.5) is 0 Å². The summed E-state index contributed by atoms with van der Waals surface area (Å²) in [5, 5.41) is 74.1. The van der Waals surface area contributed by atoms with Gasteiger partial charge in [-0.3, -0.25) is 4.99 Å². The lowest BCUT2D eigenvalue weighted by atomic mass is 9.83. The van der Waals surface area contributed by atoms with Gasteiger partial charge in [-0.05, 0) is 51.5 Å². The first kappa shape index (κ1) is 42.9. The second-order valence-electron chi connectivity index (χ2n) is 13.7. The van der Waals surface area contributed by atoms with Crippen LogP contribution in [0.3, 0.4) is 0 Å². The van der Waals surface area contributed by atoms with Crippen LogP contribution >= 0.6 is 0 Å². The van der Waals surface area contributed by atoms with E-state index < -0.39 is 73.2 Å². The van der Waals surface area contributed by atoms with Crippen molar-refractivity contribution >= 4 is 17.9 Å². The van der Waals surface area contributed by atoms with Crippen LogP contribution in [0, 0.1) is 11.8 Å². The molecule has 0 spiro atoms. The zero-order valence-electron chi connectivity index (χ0n) is 30.5. The Morgan fingerprint density at radius 2 is 1.91 bits per heavy atom. The normalized spacial score (nSPS) is 29.2. The number of carbonyl (C=O) groups excluding carboxylic acids is 1. The van der Waals surface area contributed by atoms with E-state index in [0.29, 0.717) is 24.8 Å². The number of aliphatic carboxylic acids is 1. The molecule has 3 heterocycles. The number of rotatable bonds is 17. The first-order valence-electron chi connectivity index (χ1n) is 18.0. The molecule has 18 heteroatoms. The number of aliphatic hydroxyl groups excluding tert-OH is 4. The van der Waals surface area contributed by atoms with E-state index in [2.05, 4.69) is 16.9 Å². The van der Waals surface area contributed by atoms with Crippen molar-refractivity contribution in [2.45, 2.75) is 94.8 Å². The summed E-state index contributed by atoms with van der Waals surface area (Å²) >= 11 is 0. The number of nitrogens with one attached hydrogen (secondary N) is 1. The fourth-order valence-electron chi connectivity index (χ4n) is 6.64. The summed E-state index contributed by atoms with van der Waals surface area (Å²) in [7, 11) is 0. The van der Waals surface area contributed by atoms with Crippen LogP contribution in [0.5, 0.6) is 0 Å². The van der Waals surface area contributed by atoms with E-state index in [9.17, 15) is 40.2 Å². The van der Waals surface area contributed by atoms with Gasteiger partial charge in [-0.2, -0.15) is 0 Å². The van der Waals surface area contributed by atoms with E-state index in [1.54, 1.807) is 30.9 Å². The van der Waals surface area contributed by atoms with Crippen LogP contribution in [-0.4, -0.2) is 147 Å². The Hall–Kier alpha value is -3.85. The Labute approximate surface area is 313 Å². The number of carboxylic acid groups (broad SMARTS) is 1. The number of hydrogen-bond acceptors (Lipinski definition) is 15. The number of allylic oxidation sites excluding steroid dienone is 1. The van der Waals surface area contributed by atoms with Gasteiger partial charge >= 0.3 is 11.9 Å². The predicted octanol–water partition coefficient (Wildman–Crippen LogP) is -0.927. The second kappa shape index (κ2) is 19.7. The fraction of sp³-hybridized carbons (Fsp3) is 0.639. The molecule has 2 fully saturated rings. The highest BCUT2D eigenvalue weighted by Gasteiger charge is 2.57. The van der Waals surface area contributed by atoms with Gasteiger partial charge in [0.05, 0.1) is 48.3 Å². The number of nitrogens with two attached hydrogens (primary N) is 1. The number of esters is 1. The summed E-state index contributed by atoms with van der Waals surface area (Å²) in [5.74, 6) is -6.77. The molecule has 0 amide bonds. The van der Waals surface area contributed by atoms with Crippen molar-refractivity contribution in [3.63, 3.8) is 0 Å². The minimum Gasteiger partial charge on any atom is -0.478 e. The number of β-amino-alcohol motifs (C(OH)–C–C–N with tert-alkyl or cyclic N) is 1. The molecule has 0 aromatic heterocycles. The van der Waals surface area contributed by atoms with Crippen molar-refractivity contribution in [1.29, 1.82) is 0 Å². The van der Waals surface area contributed by atoms with Crippen molar-refractivity contribution in [1.82, 2.24) is 10.2 Å². The van der Waals surface area contributed by atoms with Crippen molar-refractivity contribution in [3.05, 3.63) is 59.7 Å². The highest BCUT2D eigenvalue weighted by Crippen LogP contribution is 2.39. The van der Waals surface area contributed by atoms with Gasteiger partial charge in [0.25, 0.3) is 0 Å². The molecule has 10 N–H and O–H groups in total. The highest BCUT2D eigenvalue weighted by atomic mass is 16.8. The number of guanidine groups is 1. The molecular formula is C36H54N4O14. The third-order valence-electron chi connectivity index (χ3n) is 9.38. The average Bonchev–Trinajstić information content (AvgIpc) is 3.64. The fourth-order valence-corrected chi connectivity index (χ4v) is 6.64. The van der Waals surface area contributed by atoms with Crippen molar-refractivity contribution in [3.8, 4) is 0 Å². The number of hydrogen-bond donors (Lipinski definition) is 9. The molecule has 0 aromatic rings. The summed E-state index contributed by atoms with van der Waals surface area (Å²) < 4.78 is 29.4. The van der Waals surface area contributed by atoms with E-state index in [1.165, 1.54) is 18.5 Å². The first-order valence-corrected chi connectivity index (χ1v) is 18.0. The van der Waals surface area contributed by atoms with Gasteiger partial charge in [-0.1, -0.05) is 18.2 Å². The van der Waals surface area contributed by atoms with Gasteiger partial charge < -0.3 is 75.4 Å². The first-order chi connectivity index (χ1) is 25.7. The molecule has 54 heavy (non-hydrogen) atoms. The largest absolute Gasteiger partial charge is 0.478 e. The third-order valence-corrected chi connectivity index (χ3v) is 9.38. The van der Waals surface area contributed by atoms with Crippen molar-refractivity contribution in [2.75, 3.05) is 39.5 Å². The maximum atomic E-state index is 13.7. The summed E-state index contributed by atoms with van der Waals surface area (Å²) in [6.45, 7) is 6.40. The van der Waals surface area contributed by atoms with E-state index in [-0.39, 0.29) is 61.8 Å². The van der Waals surface area contributed by atoms with E-state index in [0.717, 1.165) is 12.8 Å². The number of aliphatic imine (C=N–C) groups is 1. The zero-order valence-corrected chi connectivity index (χ0v) is 30.5.